The predicted molar refractivity (Wildman–Crippen MR) is 96.2 cm³/mol. The number of rotatable bonds is 3. The van der Waals surface area contributed by atoms with Crippen LogP contribution in [-0.2, 0) is 11.2 Å². The van der Waals surface area contributed by atoms with E-state index in [2.05, 4.69) is 15.1 Å². The maximum Gasteiger partial charge on any atom is 0.256 e. The molecule has 0 radical (unpaired) electrons. The van der Waals surface area contributed by atoms with Crippen LogP contribution in [0.3, 0.4) is 0 Å². The van der Waals surface area contributed by atoms with E-state index < -0.39 is 0 Å². The third-order valence-electron chi connectivity index (χ3n) is 5.76. The number of hydrogen-bond acceptors (Lipinski definition) is 5. The molecule has 1 spiro atoms. The van der Waals surface area contributed by atoms with Crippen molar-refractivity contribution in [2.24, 2.45) is 0 Å². The Hall–Kier alpha value is -2.47. The van der Waals surface area contributed by atoms with Gasteiger partial charge in [0.25, 0.3) is 5.56 Å². The topological polar surface area (TPSA) is 81.0 Å². The van der Waals surface area contributed by atoms with Gasteiger partial charge in [-0.05, 0) is 49.6 Å². The minimum absolute atomic E-state index is 0.0628. The van der Waals surface area contributed by atoms with Crippen molar-refractivity contribution in [1.29, 1.82) is 0 Å². The van der Waals surface area contributed by atoms with Crippen LogP contribution in [0.5, 0.6) is 0 Å². The molecule has 26 heavy (non-hydrogen) atoms. The fourth-order valence-electron chi connectivity index (χ4n) is 4.20. The van der Waals surface area contributed by atoms with Crippen LogP contribution >= 0.6 is 0 Å². The molecule has 1 aromatic carbocycles. The second kappa shape index (κ2) is 6.06. The molecule has 2 aliphatic rings. The predicted octanol–water partition coefficient (Wildman–Crippen LogP) is 3.32. The van der Waals surface area contributed by atoms with E-state index in [9.17, 15) is 4.79 Å². The van der Waals surface area contributed by atoms with Crippen molar-refractivity contribution in [1.82, 2.24) is 15.1 Å². The second-order valence-electron chi connectivity index (χ2n) is 7.51. The van der Waals surface area contributed by atoms with Gasteiger partial charge in [0.2, 0.25) is 5.89 Å². The van der Waals surface area contributed by atoms with Crippen LogP contribution in [0.25, 0.3) is 10.8 Å². The molecule has 3 heterocycles. The average Bonchev–Trinajstić information content (AvgIpc) is 3.09. The number of pyridine rings is 1. The van der Waals surface area contributed by atoms with Crippen molar-refractivity contribution in [3.8, 4) is 0 Å². The van der Waals surface area contributed by atoms with E-state index in [1.807, 2.05) is 30.3 Å². The maximum absolute atomic E-state index is 12.2. The lowest BCUT2D eigenvalue weighted by Crippen LogP contribution is -2.45. The maximum atomic E-state index is 12.2. The van der Waals surface area contributed by atoms with Gasteiger partial charge in [-0.3, -0.25) is 4.79 Å². The molecule has 134 valence electrons. The zero-order valence-electron chi connectivity index (χ0n) is 14.5. The molecule has 6 nitrogen and oxygen atoms in total. The lowest BCUT2D eigenvalue weighted by Gasteiger charge is -2.46. The summed E-state index contributed by atoms with van der Waals surface area (Å²) in [5.74, 6) is 1.62. The number of nitrogens with zero attached hydrogens (tertiary/aromatic N) is 2. The number of aromatic amines is 1. The van der Waals surface area contributed by atoms with Gasteiger partial charge in [0.1, 0.15) is 0 Å². The number of nitrogens with one attached hydrogen (secondary N) is 1. The monoisotopic (exact) mass is 351 g/mol. The third kappa shape index (κ3) is 2.74. The fraction of sp³-hybridized carbons (Fsp3) is 0.450. The van der Waals surface area contributed by atoms with Crippen molar-refractivity contribution >= 4 is 10.8 Å². The van der Waals surface area contributed by atoms with Gasteiger partial charge in [0, 0.05) is 23.6 Å². The van der Waals surface area contributed by atoms with Crippen molar-refractivity contribution < 1.29 is 9.26 Å². The van der Waals surface area contributed by atoms with Gasteiger partial charge in [-0.1, -0.05) is 23.4 Å². The standard InChI is InChI=1S/C20H21N3O3/c24-19-16-5-2-1-4-13(16)10-15(21-19)11-17-22-18(23-26-17)14-6-9-25-20(12-14)7-3-8-20/h1-2,4-5,10,14H,3,6-9,11-12H2,(H,21,24). The Bertz CT molecular complexity index is 1000. The summed E-state index contributed by atoms with van der Waals surface area (Å²) in [5, 5.41) is 5.82. The van der Waals surface area contributed by atoms with E-state index in [-0.39, 0.29) is 11.2 Å². The molecule has 3 aromatic rings. The van der Waals surface area contributed by atoms with Gasteiger partial charge in [0.15, 0.2) is 5.82 Å². The summed E-state index contributed by atoms with van der Waals surface area (Å²) in [6, 6.07) is 9.53. The summed E-state index contributed by atoms with van der Waals surface area (Å²) >= 11 is 0. The number of fused-ring (bicyclic) bond motifs is 1. The van der Waals surface area contributed by atoms with Crippen molar-refractivity contribution in [3.63, 3.8) is 0 Å². The van der Waals surface area contributed by atoms with Crippen LogP contribution in [0, 0.1) is 0 Å². The van der Waals surface area contributed by atoms with Crippen LogP contribution < -0.4 is 5.56 Å². The van der Waals surface area contributed by atoms with Gasteiger partial charge in [0.05, 0.1) is 12.0 Å². The Balaban J connectivity index is 1.37. The quantitative estimate of drug-likeness (QED) is 0.783. The second-order valence-corrected chi connectivity index (χ2v) is 7.51. The molecule has 1 N–H and O–H groups in total. The molecule has 1 aliphatic carbocycles. The zero-order chi connectivity index (χ0) is 17.6. The van der Waals surface area contributed by atoms with E-state index in [1.54, 1.807) is 0 Å². The molecular weight excluding hydrogens is 330 g/mol. The highest BCUT2D eigenvalue weighted by Gasteiger charge is 2.43. The lowest BCUT2D eigenvalue weighted by molar-refractivity contribution is -0.134. The number of benzene rings is 1. The summed E-state index contributed by atoms with van der Waals surface area (Å²) in [5.41, 5.74) is 0.758. The first kappa shape index (κ1) is 15.8. The normalized spacial score (nSPS) is 21.8. The highest BCUT2D eigenvalue weighted by atomic mass is 16.5. The molecule has 1 aliphatic heterocycles. The molecule has 0 amide bonds. The molecule has 1 saturated heterocycles. The Morgan fingerprint density at radius 3 is 3.00 bits per heavy atom. The van der Waals surface area contributed by atoms with Gasteiger partial charge < -0.3 is 14.2 Å². The molecule has 2 aromatic heterocycles. The van der Waals surface area contributed by atoms with Gasteiger partial charge in [-0.2, -0.15) is 4.98 Å². The first-order valence-corrected chi connectivity index (χ1v) is 9.28. The number of hydrogen-bond donors (Lipinski definition) is 1. The van der Waals surface area contributed by atoms with Crippen LogP contribution in [0.2, 0.25) is 0 Å². The molecule has 0 bridgehead atoms. The molecule has 6 heteroatoms. The minimum atomic E-state index is -0.0887. The number of aromatic nitrogens is 3. The Morgan fingerprint density at radius 2 is 2.15 bits per heavy atom. The molecule has 1 saturated carbocycles. The van der Waals surface area contributed by atoms with E-state index in [0.717, 1.165) is 49.2 Å². The van der Waals surface area contributed by atoms with E-state index in [1.165, 1.54) is 6.42 Å². The van der Waals surface area contributed by atoms with E-state index >= 15 is 0 Å². The Labute approximate surface area is 150 Å². The molecular formula is C20H21N3O3. The smallest absolute Gasteiger partial charge is 0.256 e. The Kier molecular flexibility index (Phi) is 3.67. The van der Waals surface area contributed by atoms with Crippen molar-refractivity contribution in [3.05, 3.63) is 58.1 Å². The van der Waals surface area contributed by atoms with Crippen LogP contribution in [-0.4, -0.2) is 27.3 Å². The summed E-state index contributed by atoms with van der Waals surface area (Å²) in [4.78, 5) is 19.7. The van der Waals surface area contributed by atoms with Gasteiger partial charge in [-0.15, -0.1) is 0 Å². The van der Waals surface area contributed by atoms with Gasteiger partial charge >= 0.3 is 0 Å². The third-order valence-corrected chi connectivity index (χ3v) is 5.76. The highest BCUT2D eigenvalue weighted by Crippen LogP contribution is 2.46. The average molecular weight is 351 g/mol. The van der Waals surface area contributed by atoms with E-state index in [0.29, 0.717) is 23.6 Å². The van der Waals surface area contributed by atoms with Crippen LogP contribution in [0.1, 0.15) is 55.4 Å². The largest absolute Gasteiger partial charge is 0.375 e. The summed E-state index contributed by atoms with van der Waals surface area (Å²) < 4.78 is 11.5. The van der Waals surface area contributed by atoms with Crippen molar-refractivity contribution in [2.45, 2.75) is 50.0 Å². The SMILES string of the molecule is O=c1[nH]c(Cc2nc(C3CCOC4(CCC4)C3)no2)cc2ccccc12. The Morgan fingerprint density at radius 1 is 1.27 bits per heavy atom. The van der Waals surface area contributed by atoms with E-state index in [4.69, 9.17) is 9.26 Å². The number of ether oxygens (including phenoxy) is 1. The zero-order valence-corrected chi connectivity index (χ0v) is 14.5. The summed E-state index contributed by atoms with van der Waals surface area (Å²) in [6.07, 6.45) is 5.90. The number of H-pyrrole nitrogens is 1. The van der Waals surface area contributed by atoms with Crippen LogP contribution in [0.4, 0.5) is 0 Å². The summed E-state index contributed by atoms with van der Waals surface area (Å²) in [6.45, 7) is 0.770. The first-order chi connectivity index (χ1) is 12.7. The first-order valence-electron chi connectivity index (χ1n) is 9.28. The van der Waals surface area contributed by atoms with Crippen molar-refractivity contribution in [2.75, 3.05) is 6.61 Å². The highest BCUT2D eigenvalue weighted by molar-refractivity contribution is 5.81. The summed E-state index contributed by atoms with van der Waals surface area (Å²) in [7, 11) is 0. The lowest BCUT2D eigenvalue weighted by atomic mass is 9.72. The molecule has 5 rings (SSSR count). The fourth-order valence-corrected chi connectivity index (χ4v) is 4.20. The molecule has 1 unspecified atom stereocenters. The molecule has 1 atom stereocenters. The van der Waals surface area contributed by atoms with Gasteiger partial charge in [-0.25, -0.2) is 0 Å². The minimum Gasteiger partial charge on any atom is -0.375 e. The van der Waals surface area contributed by atoms with Crippen LogP contribution in [0.15, 0.2) is 39.6 Å². The molecule has 2 fully saturated rings.